The zero-order chi connectivity index (χ0) is 17.8. The maximum Gasteiger partial charge on any atom is 0.314 e. The van der Waals surface area contributed by atoms with Gasteiger partial charge in [-0.25, -0.2) is 4.79 Å². The van der Waals surface area contributed by atoms with Gasteiger partial charge in [0.05, 0.1) is 12.5 Å². The van der Waals surface area contributed by atoms with Crippen molar-refractivity contribution in [1.82, 2.24) is 16.0 Å². The van der Waals surface area contributed by atoms with Gasteiger partial charge in [0.1, 0.15) is 0 Å². The highest BCUT2D eigenvalue weighted by Gasteiger charge is 2.20. The molecule has 0 atom stereocenters. The molecule has 3 amide bonds. The molecule has 0 spiro atoms. The van der Waals surface area contributed by atoms with Crippen LogP contribution in [0.1, 0.15) is 44.9 Å². The standard InChI is InChI=1S/C16H29N3O5/c1-24-13-6-4-12(5-7-13)11-19-16(23)18-9-2-3-14(20)17-10-8-15(21)22/h12-13H,2-11H2,1H3,(H,17,20)(H,21,22)(H2,18,19,23). The average Bonchev–Trinajstić information content (AvgIpc) is 2.57. The Morgan fingerprint density at radius 3 is 2.33 bits per heavy atom. The third-order valence-electron chi connectivity index (χ3n) is 4.21. The Hall–Kier alpha value is -1.83. The molecule has 138 valence electrons. The zero-order valence-corrected chi connectivity index (χ0v) is 14.3. The van der Waals surface area contributed by atoms with Crippen LogP contribution in [0.4, 0.5) is 4.79 Å². The normalized spacial score (nSPS) is 20.2. The lowest BCUT2D eigenvalue weighted by molar-refractivity contribution is -0.136. The van der Waals surface area contributed by atoms with Gasteiger partial charge in [-0.1, -0.05) is 0 Å². The number of aliphatic carboxylic acids is 1. The monoisotopic (exact) mass is 343 g/mol. The predicted octanol–water partition coefficient (Wildman–Crippen LogP) is 0.862. The number of amides is 3. The lowest BCUT2D eigenvalue weighted by atomic mass is 9.87. The van der Waals surface area contributed by atoms with Gasteiger partial charge in [-0.2, -0.15) is 0 Å². The van der Waals surface area contributed by atoms with E-state index in [1.54, 1.807) is 7.11 Å². The first-order chi connectivity index (χ1) is 11.5. The van der Waals surface area contributed by atoms with Crippen LogP contribution in [0.25, 0.3) is 0 Å². The Labute approximate surface area is 142 Å². The van der Waals surface area contributed by atoms with Crippen molar-refractivity contribution in [3.8, 4) is 0 Å². The van der Waals surface area contributed by atoms with Crippen LogP contribution in [0.5, 0.6) is 0 Å². The minimum Gasteiger partial charge on any atom is -0.481 e. The Morgan fingerprint density at radius 1 is 1.00 bits per heavy atom. The minimum atomic E-state index is -0.940. The summed E-state index contributed by atoms with van der Waals surface area (Å²) in [4.78, 5) is 33.4. The quantitative estimate of drug-likeness (QED) is 0.439. The molecule has 4 N–H and O–H groups in total. The van der Waals surface area contributed by atoms with E-state index >= 15 is 0 Å². The molecule has 1 aliphatic carbocycles. The fourth-order valence-electron chi connectivity index (χ4n) is 2.72. The zero-order valence-electron chi connectivity index (χ0n) is 14.3. The molecule has 1 aliphatic rings. The van der Waals surface area contributed by atoms with Crippen molar-refractivity contribution in [1.29, 1.82) is 0 Å². The second-order valence-electron chi connectivity index (χ2n) is 6.11. The number of hydrogen-bond donors (Lipinski definition) is 4. The number of hydrogen-bond acceptors (Lipinski definition) is 4. The van der Waals surface area contributed by atoms with E-state index < -0.39 is 5.97 Å². The summed E-state index contributed by atoms with van der Waals surface area (Å²) in [6.45, 7) is 1.21. The number of carbonyl (C=O) groups excluding carboxylic acids is 2. The van der Waals surface area contributed by atoms with Gasteiger partial charge in [-0.05, 0) is 38.0 Å². The maximum absolute atomic E-state index is 11.7. The van der Waals surface area contributed by atoms with Gasteiger partial charge < -0.3 is 25.8 Å². The SMILES string of the molecule is COC1CCC(CNC(=O)NCCCC(=O)NCCC(=O)O)CC1. The van der Waals surface area contributed by atoms with Crippen molar-refractivity contribution >= 4 is 17.9 Å². The molecule has 1 rings (SSSR count). The van der Waals surface area contributed by atoms with E-state index in [-0.39, 0.29) is 31.3 Å². The van der Waals surface area contributed by atoms with E-state index in [1.807, 2.05) is 0 Å². The summed E-state index contributed by atoms with van der Waals surface area (Å²) >= 11 is 0. The second-order valence-corrected chi connectivity index (χ2v) is 6.11. The summed E-state index contributed by atoms with van der Waals surface area (Å²) in [5, 5.41) is 16.6. The smallest absolute Gasteiger partial charge is 0.314 e. The molecular weight excluding hydrogens is 314 g/mol. The number of carboxylic acids is 1. The Bertz CT molecular complexity index is 409. The summed E-state index contributed by atoms with van der Waals surface area (Å²) in [5.74, 6) is -0.639. The van der Waals surface area contributed by atoms with Gasteiger partial charge in [-0.3, -0.25) is 9.59 Å². The molecule has 0 unspecified atom stereocenters. The van der Waals surface area contributed by atoms with Crippen LogP contribution >= 0.6 is 0 Å². The summed E-state index contributed by atoms with van der Waals surface area (Å²) in [6.07, 6.45) is 5.27. The van der Waals surface area contributed by atoms with Crippen molar-refractivity contribution in [3.63, 3.8) is 0 Å². The number of urea groups is 1. The van der Waals surface area contributed by atoms with Crippen molar-refractivity contribution in [2.45, 2.75) is 51.0 Å². The molecule has 1 saturated carbocycles. The van der Waals surface area contributed by atoms with Crippen LogP contribution in [0, 0.1) is 5.92 Å². The largest absolute Gasteiger partial charge is 0.481 e. The first kappa shape index (κ1) is 20.2. The fraction of sp³-hybridized carbons (Fsp3) is 0.812. The van der Waals surface area contributed by atoms with Gasteiger partial charge in [-0.15, -0.1) is 0 Å². The minimum absolute atomic E-state index is 0.0846. The second kappa shape index (κ2) is 11.7. The summed E-state index contributed by atoms with van der Waals surface area (Å²) < 4.78 is 5.32. The molecule has 8 heteroatoms. The van der Waals surface area contributed by atoms with E-state index in [4.69, 9.17) is 9.84 Å². The van der Waals surface area contributed by atoms with Crippen LogP contribution in [0.2, 0.25) is 0 Å². The fourth-order valence-corrected chi connectivity index (χ4v) is 2.72. The predicted molar refractivity (Wildman–Crippen MR) is 88.7 cm³/mol. The lowest BCUT2D eigenvalue weighted by Gasteiger charge is -2.27. The molecular formula is C16H29N3O5. The number of nitrogens with one attached hydrogen (secondary N) is 3. The summed E-state index contributed by atoms with van der Waals surface area (Å²) in [7, 11) is 1.74. The van der Waals surface area contributed by atoms with Gasteiger partial charge in [0.15, 0.2) is 0 Å². The van der Waals surface area contributed by atoms with Gasteiger partial charge in [0, 0.05) is 33.2 Å². The molecule has 0 aliphatic heterocycles. The molecule has 0 saturated heterocycles. The molecule has 0 aromatic carbocycles. The Kier molecular flexibility index (Phi) is 9.83. The van der Waals surface area contributed by atoms with Crippen molar-refractivity contribution in [3.05, 3.63) is 0 Å². The average molecular weight is 343 g/mol. The maximum atomic E-state index is 11.7. The van der Waals surface area contributed by atoms with Gasteiger partial charge in [0.2, 0.25) is 5.91 Å². The van der Waals surface area contributed by atoms with E-state index in [0.29, 0.717) is 31.5 Å². The van der Waals surface area contributed by atoms with Gasteiger partial charge >= 0.3 is 12.0 Å². The third-order valence-corrected chi connectivity index (χ3v) is 4.21. The Morgan fingerprint density at radius 2 is 1.71 bits per heavy atom. The highest BCUT2D eigenvalue weighted by molar-refractivity contribution is 5.77. The Balaban J connectivity index is 1.98. The van der Waals surface area contributed by atoms with Gasteiger partial charge in [0.25, 0.3) is 0 Å². The molecule has 8 nitrogen and oxygen atoms in total. The highest BCUT2D eigenvalue weighted by atomic mass is 16.5. The molecule has 0 heterocycles. The first-order valence-corrected chi connectivity index (χ1v) is 8.54. The van der Waals surface area contributed by atoms with Crippen molar-refractivity contribution < 1.29 is 24.2 Å². The van der Waals surface area contributed by atoms with E-state index in [9.17, 15) is 14.4 Å². The van der Waals surface area contributed by atoms with Crippen molar-refractivity contribution in [2.24, 2.45) is 5.92 Å². The lowest BCUT2D eigenvalue weighted by Crippen LogP contribution is -2.40. The van der Waals surface area contributed by atoms with Crippen LogP contribution in [0.3, 0.4) is 0 Å². The molecule has 0 aromatic rings. The summed E-state index contributed by atoms with van der Waals surface area (Å²) in [5.41, 5.74) is 0. The molecule has 1 fully saturated rings. The van der Waals surface area contributed by atoms with E-state index in [2.05, 4.69) is 16.0 Å². The molecule has 0 bridgehead atoms. The van der Waals surface area contributed by atoms with Crippen LogP contribution in [0.15, 0.2) is 0 Å². The molecule has 24 heavy (non-hydrogen) atoms. The van der Waals surface area contributed by atoms with Crippen molar-refractivity contribution in [2.75, 3.05) is 26.7 Å². The van der Waals surface area contributed by atoms with Crippen LogP contribution in [-0.4, -0.2) is 55.9 Å². The third kappa shape index (κ3) is 9.34. The number of carbonyl (C=O) groups is 3. The van der Waals surface area contributed by atoms with Crippen LogP contribution in [-0.2, 0) is 14.3 Å². The number of rotatable bonds is 10. The first-order valence-electron chi connectivity index (χ1n) is 8.54. The summed E-state index contributed by atoms with van der Waals surface area (Å²) in [6, 6.07) is -0.213. The number of carboxylic acid groups (broad SMARTS) is 1. The highest BCUT2D eigenvalue weighted by Crippen LogP contribution is 2.25. The topological polar surface area (TPSA) is 117 Å². The number of ether oxygens (including phenoxy) is 1. The van der Waals surface area contributed by atoms with E-state index in [1.165, 1.54) is 0 Å². The molecule has 0 radical (unpaired) electrons. The van der Waals surface area contributed by atoms with Crippen LogP contribution < -0.4 is 16.0 Å². The number of methoxy groups -OCH3 is 1. The van der Waals surface area contributed by atoms with E-state index in [0.717, 1.165) is 25.7 Å². The molecule has 0 aromatic heterocycles.